The molecule has 32 heavy (non-hydrogen) atoms. The van der Waals surface area contributed by atoms with Gasteiger partial charge in [0.05, 0.1) is 6.04 Å². The second-order valence-electron chi connectivity index (χ2n) is 9.04. The fourth-order valence-electron chi connectivity index (χ4n) is 4.74. The number of nitrogens with one attached hydrogen (secondary N) is 1. The number of carbonyl (C=O) groups is 1. The summed E-state index contributed by atoms with van der Waals surface area (Å²) in [6.45, 7) is 6.80. The van der Waals surface area contributed by atoms with Gasteiger partial charge in [-0.25, -0.2) is 8.42 Å². The lowest BCUT2D eigenvalue weighted by Gasteiger charge is -2.29. The molecule has 0 aliphatic carbocycles. The Morgan fingerprint density at radius 2 is 1.66 bits per heavy atom. The average Bonchev–Trinajstić information content (AvgIpc) is 3.26. The number of anilines is 2. The molecule has 0 saturated carbocycles. The van der Waals surface area contributed by atoms with Crippen LogP contribution in [-0.2, 0) is 14.8 Å². The van der Waals surface area contributed by atoms with Gasteiger partial charge < -0.3 is 9.80 Å². The number of aryl methyl sites for hydroxylation is 2. The van der Waals surface area contributed by atoms with E-state index < -0.39 is 15.8 Å². The van der Waals surface area contributed by atoms with Crippen molar-refractivity contribution in [1.29, 1.82) is 0 Å². The molecule has 2 saturated heterocycles. The number of benzene rings is 2. The Hall–Kier alpha value is -2.54. The quantitative estimate of drug-likeness (QED) is 0.701. The van der Waals surface area contributed by atoms with Crippen LogP contribution in [0.15, 0.2) is 42.5 Å². The summed E-state index contributed by atoms with van der Waals surface area (Å²) in [7, 11) is -3.78. The van der Waals surface area contributed by atoms with Crippen LogP contribution in [0.2, 0.25) is 0 Å². The van der Waals surface area contributed by atoms with E-state index in [9.17, 15) is 13.2 Å². The van der Waals surface area contributed by atoms with E-state index in [-0.39, 0.29) is 11.9 Å². The average molecular weight is 456 g/mol. The molecule has 0 radical (unpaired) electrons. The van der Waals surface area contributed by atoms with Crippen LogP contribution in [0.3, 0.4) is 0 Å². The standard InChI is InChI=1S/C25H33N3O3S/c1-19-8-9-21(17-20(19)2)24-7-6-16-28(24)25(29)18-32(30,31)26-22-10-12-23(13-11-22)27-14-4-3-5-15-27/h8-13,17,24,26H,3-7,14-16,18H2,1-2H3. The van der Waals surface area contributed by atoms with E-state index in [4.69, 9.17) is 0 Å². The van der Waals surface area contributed by atoms with Crippen LogP contribution in [0, 0.1) is 13.8 Å². The maximum absolute atomic E-state index is 12.9. The minimum absolute atomic E-state index is 0.0548. The van der Waals surface area contributed by atoms with Crippen molar-refractivity contribution < 1.29 is 13.2 Å². The summed E-state index contributed by atoms with van der Waals surface area (Å²) in [5.41, 5.74) is 5.08. The summed E-state index contributed by atoms with van der Waals surface area (Å²) < 4.78 is 28.0. The highest BCUT2D eigenvalue weighted by Crippen LogP contribution is 2.33. The topological polar surface area (TPSA) is 69.7 Å². The Labute approximate surface area is 191 Å². The Balaban J connectivity index is 1.40. The Bertz CT molecular complexity index is 1060. The lowest BCUT2D eigenvalue weighted by atomic mass is 9.99. The molecule has 1 atom stereocenters. The largest absolute Gasteiger partial charge is 0.372 e. The van der Waals surface area contributed by atoms with Gasteiger partial charge in [0, 0.05) is 31.0 Å². The molecule has 0 aromatic heterocycles. The van der Waals surface area contributed by atoms with Gasteiger partial charge in [0.2, 0.25) is 15.9 Å². The highest BCUT2D eigenvalue weighted by molar-refractivity contribution is 7.93. The number of carbonyl (C=O) groups excluding carboxylic acids is 1. The monoisotopic (exact) mass is 455 g/mol. The summed E-state index contributed by atoms with van der Waals surface area (Å²) >= 11 is 0. The van der Waals surface area contributed by atoms with Gasteiger partial charge in [-0.15, -0.1) is 0 Å². The predicted octanol–water partition coefficient (Wildman–Crippen LogP) is 4.40. The van der Waals surface area contributed by atoms with Crippen LogP contribution in [0.1, 0.15) is 54.8 Å². The lowest BCUT2D eigenvalue weighted by Crippen LogP contribution is -2.37. The van der Waals surface area contributed by atoms with Crippen LogP contribution in [-0.4, -0.2) is 44.6 Å². The molecule has 2 heterocycles. The summed E-state index contributed by atoms with van der Waals surface area (Å²) in [5, 5.41) is 0. The van der Waals surface area contributed by atoms with E-state index >= 15 is 0 Å². The molecule has 1 N–H and O–H groups in total. The van der Waals surface area contributed by atoms with Crippen molar-refractivity contribution >= 4 is 27.3 Å². The van der Waals surface area contributed by atoms with Crippen molar-refractivity contribution in [2.24, 2.45) is 0 Å². The molecule has 2 fully saturated rings. The molecule has 2 aliphatic heterocycles. The minimum atomic E-state index is -3.78. The Kier molecular flexibility index (Phi) is 6.74. The van der Waals surface area contributed by atoms with Gasteiger partial charge in [-0.05, 0) is 86.9 Å². The first kappa shape index (κ1) is 22.6. The van der Waals surface area contributed by atoms with Gasteiger partial charge in [-0.3, -0.25) is 9.52 Å². The van der Waals surface area contributed by atoms with Crippen LogP contribution in [0.25, 0.3) is 0 Å². The first-order chi connectivity index (χ1) is 15.3. The van der Waals surface area contributed by atoms with Crippen molar-refractivity contribution in [3.05, 3.63) is 59.2 Å². The summed E-state index contributed by atoms with van der Waals surface area (Å²) in [5.74, 6) is -0.884. The number of sulfonamides is 1. The zero-order valence-corrected chi connectivity index (χ0v) is 19.8. The van der Waals surface area contributed by atoms with Gasteiger partial charge in [-0.1, -0.05) is 18.2 Å². The Morgan fingerprint density at radius 3 is 2.34 bits per heavy atom. The molecule has 4 rings (SSSR count). The number of rotatable bonds is 6. The van der Waals surface area contributed by atoms with E-state index in [1.54, 1.807) is 17.0 Å². The molecule has 2 aromatic carbocycles. The third kappa shape index (κ3) is 5.26. The van der Waals surface area contributed by atoms with Crippen molar-refractivity contribution in [3.63, 3.8) is 0 Å². The lowest BCUT2D eigenvalue weighted by molar-refractivity contribution is -0.129. The number of likely N-dealkylation sites (tertiary alicyclic amines) is 1. The third-order valence-electron chi connectivity index (χ3n) is 6.66. The van der Waals surface area contributed by atoms with E-state index in [2.05, 4.69) is 41.7 Å². The number of amides is 1. The van der Waals surface area contributed by atoms with Gasteiger partial charge in [0.1, 0.15) is 5.75 Å². The maximum Gasteiger partial charge on any atom is 0.241 e. The molecule has 1 amide bonds. The molecular formula is C25H33N3O3S. The third-order valence-corrected chi connectivity index (χ3v) is 7.84. The zero-order valence-electron chi connectivity index (χ0n) is 19.0. The van der Waals surface area contributed by atoms with Gasteiger partial charge in [-0.2, -0.15) is 0 Å². The number of nitrogens with zero attached hydrogens (tertiary/aromatic N) is 2. The molecule has 7 heteroatoms. The summed E-state index contributed by atoms with van der Waals surface area (Å²) in [4.78, 5) is 17.0. The highest BCUT2D eigenvalue weighted by atomic mass is 32.2. The number of hydrogen-bond acceptors (Lipinski definition) is 4. The molecule has 2 aliphatic rings. The van der Waals surface area contributed by atoms with E-state index in [1.165, 1.54) is 30.4 Å². The van der Waals surface area contributed by atoms with Crippen LogP contribution in [0.5, 0.6) is 0 Å². The first-order valence-electron chi connectivity index (χ1n) is 11.5. The smallest absolute Gasteiger partial charge is 0.241 e. The highest BCUT2D eigenvalue weighted by Gasteiger charge is 2.32. The molecule has 1 unspecified atom stereocenters. The van der Waals surface area contributed by atoms with E-state index in [0.29, 0.717) is 12.2 Å². The summed E-state index contributed by atoms with van der Waals surface area (Å²) in [6, 6.07) is 13.6. The normalized spacial score (nSPS) is 19.2. The van der Waals surface area contributed by atoms with Crippen molar-refractivity contribution in [2.75, 3.05) is 35.0 Å². The van der Waals surface area contributed by atoms with Crippen LogP contribution >= 0.6 is 0 Å². The van der Waals surface area contributed by atoms with E-state index in [1.807, 2.05) is 12.1 Å². The molecule has 0 spiro atoms. The van der Waals surface area contributed by atoms with Gasteiger partial charge in [0.15, 0.2) is 0 Å². The number of piperidine rings is 1. The first-order valence-corrected chi connectivity index (χ1v) is 13.2. The van der Waals surface area contributed by atoms with Crippen molar-refractivity contribution in [2.45, 2.75) is 52.0 Å². The molecule has 172 valence electrons. The predicted molar refractivity (Wildman–Crippen MR) is 130 cm³/mol. The second kappa shape index (κ2) is 9.53. The summed E-state index contributed by atoms with van der Waals surface area (Å²) in [6.07, 6.45) is 5.39. The maximum atomic E-state index is 12.9. The fraction of sp³-hybridized carbons (Fsp3) is 0.480. The van der Waals surface area contributed by atoms with E-state index in [0.717, 1.165) is 37.2 Å². The van der Waals surface area contributed by atoms with Crippen LogP contribution in [0.4, 0.5) is 11.4 Å². The van der Waals surface area contributed by atoms with Crippen molar-refractivity contribution in [3.8, 4) is 0 Å². The molecule has 2 aromatic rings. The van der Waals surface area contributed by atoms with Gasteiger partial charge in [0.25, 0.3) is 0 Å². The molecule has 0 bridgehead atoms. The van der Waals surface area contributed by atoms with Crippen molar-refractivity contribution in [1.82, 2.24) is 4.90 Å². The zero-order chi connectivity index (χ0) is 22.7. The number of hydrogen-bond donors (Lipinski definition) is 1. The second-order valence-corrected chi connectivity index (χ2v) is 10.8. The van der Waals surface area contributed by atoms with Gasteiger partial charge >= 0.3 is 0 Å². The fourth-order valence-corrected chi connectivity index (χ4v) is 5.80. The Morgan fingerprint density at radius 1 is 0.938 bits per heavy atom. The SMILES string of the molecule is Cc1ccc(C2CCCN2C(=O)CS(=O)(=O)Nc2ccc(N3CCCCC3)cc2)cc1C. The van der Waals surface area contributed by atoms with Crippen LogP contribution < -0.4 is 9.62 Å². The minimum Gasteiger partial charge on any atom is -0.372 e. The molecular weight excluding hydrogens is 422 g/mol. The molecule has 6 nitrogen and oxygen atoms in total.